The largest absolute Gasteiger partial charge is 0.464 e. The zero-order chi connectivity index (χ0) is 13.4. The molecule has 6 nitrogen and oxygen atoms in total. The highest BCUT2D eigenvalue weighted by Gasteiger charge is 2.12. The van der Waals surface area contributed by atoms with Crippen LogP contribution in [0, 0.1) is 6.92 Å². The minimum Gasteiger partial charge on any atom is -0.464 e. The van der Waals surface area contributed by atoms with E-state index in [0.717, 1.165) is 17.3 Å². The first kappa shape index (κ1) is 12.0. The number of aromatic nitrogens is 4. The Morgan fingerprint density at radius 2 is 2.26 bits per heavy atom. The number of furan rings is 1. The van der Waals surface area contributed by atoms with E-state index in [2.05, 4.69) is 15.1 Å². The Balaban J connectivity index is 1.96. The third-order valence-corrected chi connectivity index (χ3v) is 2.98. The van der Waals surface area contributed by atoms with E-state index in [9.17, 15) is 0 Å². The third-order valence-electron chi connectivity index (χ3n) is 2.78. The summed E-state index contributed by atoms with van der Waals surface area (Å²) in [6.45, 7) is 2.53. The maximum Gasteiger partial charge on any atom is 0.255 e. The lowest BCUT2D eigenvalue weighted by Crippen LogP contribution is -2.19. The van der Waals surface area contributed by atoms with Crippen LogP contribution in [-0.4, -0.2) is 26.6 Å². The fourth-order valence-electron chi connectivity index (χ4n) is 1.93. The molecular weight excluding hydrogens is 266 g/mol. The summed E-state index contributed by atoms with van der Waals surface area (Å²) >= 11 is 5.99. The van der Waals surface area contributed by atoms with E-state index >= 15 is 0 Å². The number of rotatable bonds is 3. The highest BCUT2D eigenvalue weighted by atomic mass is 35.5. The highest BCUT2D eigenvalue weighted by molar-refractivity contribution is 6.29. The van der Waals surface area contributed by atoms with Crippen LogP contribution in [0.5, 0.6) is 0 Å². The van der Waals surface area contributed by atoms with Gasteiger partial charge in [0.05, 0.1) is 6.54 Å². The molecule has 3 aromatic heterocycles. The first-order chi connectivity index (χ1) is 9.13. The summed E-state index contributed by atoms with van der Waals surface area (Å²) in [5, 5.41) is 4.53. The summed E-state index contributed by atoms with van der Waals surface area (Å²) in [6, 6.07) is 5.64. The molecule has 0 aromatic carbocycles. The molecule has 3 heterocycles. The molecule has 0 bridgehead atoms. The number of anilines is 1. The Hall–Kier alpha value is -2.08. The molecule has 0 fully saturated rings. The van der Waals surface area contributed by atoms with Gasteiger partial charge in [-0.1, -0.05) is 11.6 Å². The molecule has 7 heteroatoms. The van der Waals surface area contributed by atoms with Crippen molar-refractivity contribution >= 4 is 23.2 Å². The van der Waals surface area contributed by atoms with Gasteiger partial charge in [0.25, 0.3) is 5.78 Å². The van der Waals surface area contributed by atoms with E-state index in [0.29, 0.717) is 17.5 Å². The zero-order valence-corrected chi connectivity index (χ0v) is 11.3. The summed E-state index contributed by atoms with van der Waals surface area (Å²) in [5.74, 6) is 3.05. The average Bonchev–Trinajstić information content (AvgIpc) is 2.96. The number of halogens is 1. The lowest BCUT2D eigenvalue weighted by Gasteiger charge is -2.18. The number of nitrogens with zero attached hydrogens (tertiary/aromatic N) is 5. The molecule has 0 spiro atoms. The molecule has 0 radical (unpaired) electrons. The fourth-order valence-corrected chi connectivity index (χ4v) is 2.10. The van der Waals surface area contributed by atoms with E-state index in [1.807, 2.05) is 31.0 Å². The molecule has 0 saturated heterocycles. The topological polar surface area (TPSA) is 59.5 Å². The summed E-state index contributed by atoms with van der Waals surface area (Å²) in [7, 11) is 1.94. The van der Waals surface area contributed by atoms with Gasteiger partial charge in [0.1, 0.15) is 28.8 Å². The molecule has 19 heavy (non-hydrogen) atoms. The quantitative estimate of drug-likeness (QED) is 0.688. The maximum absolute atomic E-state index is 5.99. The van der Waals surface area contributed by atoms with E-state index in [-0.39, 0.29) is 0 Å². The van der Waals surface area contributed by atoms with Crippen molar-refractivity contribution in [3.63, 3.8) is 0 Å². The normalized spacial score (nSPS) is 11.1. The van der Waals surface area contributed by atoms with Crippen LogP contribution in [0.4, 0.5) is 5.82 Å². The van der Waals surface area contributed by atoms with Crippen LogP contribution in [0.15, 0.2) is 28.9 Å². The predicted molar refractivity (Wildman–Crippen MR) is 71.3 cm³/mol. The summed E-state index contributed by atoms with van der Waals surface area (Å²) in [5.41, 5.74) is 0. The minimum absolute atomic E-state index is 0.387. The Bertz CT molecular complexity index is 720. The second-order valence-corrected chi connectivity index (χ2v) is 4.66. The lowest BCUT2D eigenvalue weighted by atomic mass is 10.4. The number of hydrogen-bond donors (Lipinski definition) is 0. The van der Waals surface area contributed by atoms with Gasteiger partial charge in [-0.05, 0) is 19.1 Å². The molecule has 0 amide bonds. The van der Waals surface area contributed by atoms with Gasteiger partial charge in [0.15, 0.2) is 0 Å². The van der Waals surface area contributed by atoms with E-state index in [1.165, 1.54) is 6.33 Å². The summed E-state index contributed by atoms with van der Waals surface area (Å²) in [6.07, 6.45) is 1.45. The second-order valence-electron chi connectivity index (χ2n) is 4.28. The monoisotopic (exact) mass is 277 g/mol. The lowest BCUT2D eigenvalue weighted by molar-refractivity contribution is 0.481. The van der Waals surface area contributed by atoms with Gasteiger partial charge in [0.2, 0.25) is 0 Å². The molecule has 3 aromatic rings. The predicted octanol–water partition coefficient (Wildman–Crippen LogP) is 2.32. The highest BCUT2D eigenvalue weighted by Crippen LogP contribution is 2.20. The smallest absolute Gasteiger partial charge is 0.255 e. The zero-order valence-electron chi connectivity index (χ0n) is 10.5. The minimum atomic E-state index is 0.387. The SMILES string of the molecule is Cc1ccc(CN(C)c2cc(Cl)nc3ncnn23)o1. The van der Waals surface area contributed by atoms with Crippen molar-refractivity contribution < 1.29 is 4.42 Å². The van der Waals surface area contributed by atoms with Crippen molar-refractivity contribution in [2.45, 2.75) is 13.5 Å². The molecule has 0 aliphatic carbocycles. The van der Waals surface area contributed by atoms with Gasteiger partial charge < -0.3 is 9.32 Å². The molecule has 0 atom stereocenters. The van der Waals surface area contributed by atoms with Crippen molar-refractivity contribution in [1.29, 1.82) is 0 Å². The molecule has 3 rings (SSSR count). The maximum atomic E-state index is 5.99. The Kier molecular flexibility index (Phi) is 2.87. The summed E-state index contributed by atoms with van der Waals surface area (Å²) in [4.78, 5) is 10.1. The Labute approximate surface area is 114 Å². The first-order valence-electron chi connectivity index (χ1n) is 5.76. The number of hydrogen-bond acceptors (Lipinski definition) is 5. The standard InChI is InChI=1S/C12H12ClN5O/c1-8-3-4-9(19-8)6-17(2)11-5-10(13)16-12-14-7-15-18(11)12/h3-5,7H,6H2,1-2H3. The van der Waals surface area contributed by atoms with Crippen molar-refractivity contribution in [2.24, 2.45) is 0 Å². The molecule has 0 N–H and O–H groups in total. The van der Waals surface area contributed by atoms with E-state index in [4.69, 9.17) is 16.0 Å². The van der Waals surface area contributed by atoms with Crippen LogP contribution < -0.4 is 4.90 Å². The van der Waals surface area contributed by atoms with Gasteiger partial charge in [-0.15, -0.1) is 0 Å². The number of aryl methyl sites for hydroxylation is 1. The van der Waals surface area contributed by atoms with Crippen LogP contribution in [0.25, 0.3) is 5.78 Å². The fraction of sp³-hybridized carbons (Fsp3) is 0.250. The van der Waals surface area contributed by atoms with Crippen LogP contribution >= 0.6 is 11.6 Å². The Morgan fingerprint density at radius 3 is 3.00 bits per heavy atom. The molecule has 0 aliphatic heterocycles. The van der Waals surface area contributed by atoms with E-state index in [1.54, 1.807) is 10.6 Å². The van der Waals surface area contributed by atoms with Gasteiger partial charge in [0, 0.05) is 13.1 Å². The van der Waals surface area contributed by atoms with Gasteiger partial charge in [-0.3, -0.25) is 0 Å². The van der Waals surface area contributed by atoms with E-state index < -0.39 is 0 Å². The van der Waals surface area contributed by atoms with Gasteiger partial charge in [-0.2, -0.15) is 19.6 Å². The third kappa shape index (κ3) is 2.26. The Morgan fingerprint density at radius 1 is 1.42 bits per heavy atom. The van der Waals surface area contributed by atoms with Crippen molar-refractivity contribution in [3.8, 4) is 0 Å². The van der Waals surface area contributed by atoms with Crippen molar-refractivity contribution in [1.82, 2.24) is 19.6 Å². The number of fused-ring (bicyclic) bond motifs is 1. The molecule has 0 unspecified atom stereocenters. The molecule has 0 saturated carbocycles. The average molecular weight is 278 g/mol. The summed E-state index contributed by atoms with van der Waals surface area (Å²) < 4.78 is 7.20. The molecular formula is C12H12ClN5O. The van der Waals surface area contributed by atoms with Crippen LogP contribution in [0.2, 0.25) is 5.15 Å². The van der Waals surface area contributed by atoms with Crippen LogP contribution in [-0.2, 0) is 6.54 Å². The van der Waals surface area contributed by atoms with Crippen LogP contribution in [0.3, 0.4) is 0 Å². The molecule has 0 aliphatic rings. The van der Waals surface area contributed by atoms with Crippen molar-refractivity contribution in [3.05, 3.63) is 41.2 Å². The second kappa shape index (κ2) is 4.55. The molecule has 98 valence electrons. The first-order valence-corrected chi connectivity index (χ1v) is 6.14. The van der Waals surface area contributed by atoms with Crippen molar-refractivity contribution in [2.75, 3.05) is 11.9 Å². The van der Waals surface area contributed by atoms with Gasteiger partial charge in [-0.25, -0.2) is 0 Å². The van der Waals surface area contributed by atoms with Crippen LogP contribution in [0.1, 0.15) is 11.5 Å². The van der Waals surface area contributed by atoms with Gasteiger partial charge >= 0.3 is 0 Å².